The summed E-state index contributed by atoms with van der Waals surface area (Å²) in [6.07, 6.45) is 0. The van der Waals surface area contributed by atoms with Crippen LogP contribution in [0.15, 0.2) is 53.3 Å². The molecule has 1 amide bonds. The van der Waals surface area contributed by atoms with Gasteiger partial charge in [0.1, 0.15) is 6.54 Å². The number of aryl methyl sites for hydroxylation is 1. The number of non-ortho nitro benzene ring substituents is 1. The van der Waals surface area contributed by atoms with Crippen molar-refractivity contribution in [2.75, 3.05) is 18.4 Å². The smallest absolute Gasteiger partial charge is 0.275 e. The molecule has 9 heteroatoms. The van der Waals surface area contributed by atoms with E-state index in [9.17, 15) is 19.7 Å². The fourth-order valence-electron chi connectivity index (χ4n) is 2.81. The molecule has 0 fully saturated rings. The summed E-state index contributed by atoms with van der Waals surface area (Å²) < 4.78 is 1.16. The number of amides is 1. The maximum Gasteiger partial charge on any atom is 0.275 e. The fourth-order valence-corrected chi connectivity index (χ4v) is 2.81. The van der Waals surface area contributed by atoms with Gasteiger partial charge in [0.15, 0.2) is 0 Å². The molecule has 28 heavy (non-hydrogen) atoms. The number of fused-ring (bicyclic) bond motifs is 1. The first-order valence-electron chi connectivity index (χ1n) is 8.67. The Morgan fingerprint density at radius 2 is 1.79 bits per heavy atom. The topological polar surface area (TPSA) is 119 Å². The van der Waals surface area contributed by atoms with E-state index in [1.54, 1.807) is 31.2 Å². The number of aromatic nitrogens is 2. The summed E-state index contributed by atoms with van der Waals surface area (Å²) in [4.78, 5) is 34.8. The van der Waals surface area contributed by atoms with E-state index in [1.807, 2.05) is 12.1 Å². The molecule has 0 bridgehead atoms. The highest BCUT2D eigenvalue weighted by atomic mass is 16.6. The van der Waals surface area contributed by atoms with Crippen LogP contribution in [-0.2, 0) is 11.3 Å². The van der Waals surface area contributed by atoms with Gasteiger partial charge in [0, 0.05) is 36.3 Å². The molecule has 1 heterocycles. The van der Waals surface area contributed by atoms with Crippen LogP contribution in [-0.4, -0.2) is 33.7 Å². The average molecular weight is 381 g/mol. The molecule has 0 aliphatic carbocycles. The third-order valence-corrected chi connectivity index (χ3v) is 4.20. The molecule has 9 nitrogen and oxygen atoms in total. The van der Waals surface area contributed by atoms with E-state index in [0.717, 1.165) is 10.1 Å². The Hall–Kier alpha value is -3.75. The third kappa shape index (κ3) is 4.32. The Balaban J connectivity index is 1.53. The zero-order chi connectivity index (χ0) is 20.1. The van der Waals surface area contributed by atoms with Crippen molar-refractivity contribution < 1.29 is 9.72 Å². The molecule has 3 rings (SSSR count). The number of nitro benzene ring substituents is 1. The van der Waals surface area contributed by atoms with Crippen molar-refractivity contribution >= 4 is 28.1 Å². The van der Waals surface area contributed by atoms with Crippen molar-refractivity contribution in [1.82, 2.24) is 15.1 Å². The normalized spacial score (nSPS) is 10.6. The molecule has 0 spiro atoms. The van der Waals surface area contributed by atoms with Crippen LogP contribution in [0.3, 0.4) is 0 Å². The molecule has 144 valence electrons. The number of carbonyl (C=O) groups excluding carboxylic acids is 1. The Bertz CT molecular complexity index is 1080. The summed E-state index contributed by atoms with van der Waals surface area (Å²) in [5.41, 5.74) is 1.11. The lowest BCUT2D eigenvalue weighted by atomic mass is 10.1. The minimum atomic E-state index is -0.464. The molecule has 2 aromatic carbocycles. The molecule has 2 N–H and O–H groups in total. The number of nitrogens with zero attached hydrogens (tertiary/aromatic N) is 3. The van der Waals surface area contributed by atoms with Gasteiger partial charge >= 0.3 is 0 Å². The predicted octanol–water partition coefficient (Wildman–Crippen LogP) is 1.84. The Morgan fingerprint density at radius 3 is 2.46 bits per heavy atom. The summed E-state index contributed by atoms with van der Waals surface area (Å²) in [6.45, 7) is 2.39. The number of nitrogens with one attached hydrogen (secondary N) is 2. The van der Waals surface area contributed by atoms with Gasteiger partial charge in [-0.15, -0.1) is 0 Å². The summed E-state index contributed by atoms with van der Waals surface area (Å²) in [5, 5.41) is 21.9. The summed E-state index contributed by atoms with van der Waals surface area (Å²) >= 11 is 0. The standard InChI is InChI=1S/C19H19N5O4/c1-13-16-4-2-3-5-17(16)19(26)23(22-13)12-18(25)21-11-10-20-14-6-8-15(9-7-14)24(27)28/h2-9,20H,10-12H2,1H3,(H,21,25). The number of hydrogen-bond donors (Lipinski definition) is 2. The second-order valence-corrected chi connectivity index (χ2v) is 6.17. The molecule has 0 atom stereocenters. The van der Waals surface area contributed by atoms with Crippen LogP contribution in [0.2, 0.25) is 0 Å². The second-order valence-electron chi connectivity index (χ2n) is 6.17. The minimum Gasteiger partial charge on any atom is -0.383 e. The highest BCUT2D eigenvalue weighted by Crippen LogP contribution is 2.15. The first-order valence-corrected chi connectivity index (χ1v) is 8.67. The number of nitro groups is 1. The number of hydrogen-bond acceptors (Lipinski definition) is 6. The van der Waals surface area contributed by atoms with Crippen molar-refractivity contribution in [3.05, 3.63) is 74.7 Å². The van der Waals surface area contributed by atoms with Gasteiger partial charge in [-0.25, -0.2) is 4.68 Å². The second kappa shape index (κ2) is 8.30. The maximum absolute atomic E-state index is 12.5. The van der Waals surface area contributed by atoms with Crippen molar-refractivity contribution in [1.29, 1.82) is 0 Å². The van der Waals surface area contributed by atoms with Crippen molar-refractivity contribution in [3.63, 3.8) is 0 Å². The van der Waals surface area contributed by atoms with Gasteiger partial charge in [-0.2, -0.15) is 5.10 Å². The Labute approximate surface area is 160 Å². The van der Waals surface area contributed by atoms with Crippen LogP contribution in [0.25, 0.3) is 10.8 Å². The van der Waals surface area contributed by atoms with Crippen LogP contribution in [0, 0.1) is 17.0 Å². The molecule has 0 unspecified atom stereocenters. The van der Waals surface area contributed by atoms with E-state index in [4.69, 9.17) is 0 Å². The molecule has 0 saturated carbocycles. The Morgan fingerprint density at radius 1 is 1.11 bits per heavy atom. The van der Waals surface area contributed by atoms with E-state index in [-0.39, 0.29) is 23.7 Å². The van der Waals surface area contributed by atoms with Crippen molar-refractivity contribution in [2.45, 2.75) is 13.5 Å². The van der Waals surface area contributed by atoms with Gasteiger partial charge in [-0.05, 0) is 25.1 Å². The van der Waals surface area contributed by atoms with E-state index in [0.29, 0.717) is 29.9 Å². The first-order chi connectivity index (χ1) is 13.5. The highest BCUT2D eigenvalue weighted by molar-refractivity contribution is 5.83. The molecular formula is C19H19N5O4. The van der Waals surface area contributed by atoms with Crippen molar-refractivity contribution in [3.8, 4) is 0 Å². The van der Waals surface area contributed by atoms with Crippen LogP contribution in [0.4, 0.5) is 11.4 Å². The van der Waals surface area contributed by atoms with E-state index < -0.39 is 4.92 Å². The summed E-state index contributed by atoms with van der Waals surface area (Å²) in [6, 6.07) is 13.2. The van der Waals surface area contributed by atoms with E-state index >= 15 is 0 Å². The first kappa shape index (κ1) is 19.0. The lowest BCUT2D eigenvalue weighted by Gasteiger charge is -2.10. The van der Waals surface area contributed by atoms with Gasteiger partial charge < -0.3 is 10.6 Å². The molecule has 0 saturated heterocycles. The van der Waals surface area contributed by atoms with Crippen molar-refractivity contribution in [2.24, 2.45) is 0 Å². The van der Waals surface area contributed by atoms with Crippen LogP contribution in [0.1, 0.15) is 5.69 Å². The lowest BCUT2D eigenvalue weighted by Crippen LogP contribution is -2.36. The van der Waals surface area contributed by atoms with Crippen LogP contribution >= 0.6 is 0 Å². The van der Waals surface area contributed by atoms with Crippen LogP contribution < -0.4 is 16.2 Å². The van der Waals surface area contributed by atoms with Gasteiger partial charge in [0.25, 0.3) is 11.2 Å². The third-order valence-electron chi connectivity index (χ3n) is 4.20. The number of anilines is 1. The maximum atomic E-state index is 12.5. The molecular weight excluding hydrogens is 362 g/mol. The van der Waals surface area contributed by atoms with Gasteiger partial charge in [-0.1, -0.05) is 18.2 Å². The fraction of sp³-hybridized carbons (Fsp3) is 0.211. The summed E-state index contributed by atoms with van der Waals surface area (Å²) in [5.74, 6) is -0.324. The molecule has 1 aromatic heterocycles. The Kier molecular flexibility index (Phi) is 5.64. The largest absolute Gasteiger partial charge is 0.383 e. The van der Waals surface area contributed by atoms with Crippen LogP contribution in [0.5, 0.6) is 0 Å². The molecule has 0 aliphatic rings. The zero-order valence-corrected chi connectivity index (χ0v) is 15.2. The quantitative estimate of drug-likeness (QED) is 0.366. The predicted molar refractivity (Wildman–Crippen MR) is 105 cm³/mol. The lowest BCUT2D eigenvalue weighted by molar-refractivity contribution is -0.384. The minimum absolute atomic E-state index is 0.0162. The number of carbonyl (C=O) groups is 1. The number of benzene rings is 2. The van der Waals surface area contributed by atoms with E-state index in [2.05, 4.69) is 15.7 Å². The summed E-state index contributed by atoms with van der Waals surface area (Å²) in [7, 11) is 0. The van der Waals surface area contributed by atoms with Gasteiger partial charge in [0.05, 0.1) is 16.0 Å². The van der Waals surface area contributed by atoms with Gasteiger partial charge in [0.2, 0.25) is 5.91 Å². The van der Waals surface area contributed by atoms with Gasteiger partial charge in [-0.3, -0.25) is 19.7 Å². The molecule has 3 aromatic rings. The van der Waals surface area contributed by atoms with E-state index in [1.165, 1.54) is 12.1 Å². The molecule has 0 radical (unpaired) electrons. The average Bonchev–Trinajstić information content (AvgIpc) is 2.69. The monoisotopic (exact) mass is 381 g/mol. The zero-order valence-electron chi connectivity index (χ0n) is 15.2. The SMILES string of the molecule is Cc1nn(CC(=O)NCCNc2ccc([N+](=O)[O-])cc2)c(=O)c2ccccc12. The highest BCUT2D eigenvalue weighted by Gasteiger charge is 2.10. The number of rotatable bonds is 7. The molecule has 0 aliphatic heterocycles.